The van der Waals surface area contributed by atoms with E-state index in [0.717, 1.165) is 60.2 Å². The van der Waals surface area contributed by atoms with Gasteiger partial charge in [0.25, 0.3) is 0 Å². The summed E-state index contributed by atoms with van der Waals surface area (Å²) in [4.78, 5) is 1.81. The molecule has 6 aromatic rings. The molecule has 0 atom stereocenters. The van der Waals surface area contributed by atoms with Crippen molar-refractivity contribution in [2.75, 3.05) is 27.4 Å². The maximum absolute atomic E-state index is 9.66. The largest absolute Gasteiger partial charge is 0.497 e. The molecule has 0 saturated carbocycles. The summed E-state index contributed by atoms with van der Waals surface area (Å²) >= 11 is 1.56. The Hall–Kier alpha value is -7.26. The van der Waals surface area contributed by atoms with Gasteiger partial charge in [-0.3, -0.25) is 0 Å². The van der Waals surface area contributed by atoms with Gasteiger partial charge in [-0.1, -0.05) is 97.1 Å². The molecule has 5 aromatic carbocycles. The van der Waals surface area contributed by atoms with E-state index in [-0.39, 0.29) is 5.57 Å². The Bertz CT molecular complexity index is 2550. The lowest BCUT2D eigenvalue weighted by molar-refractivity contribution is 0.174. The molecule has 0 fully saturated rings. The summed E-state index contributed by atoms with van der Waals surface area (Å²) < 4.78 is 29.6. The number of methoxy groups -OCH3 is 2. The molecule has 0 amide bonds. The van der Waals surface area contributed by atoms with Crippen LogP contribution in [0.1, 0.15) is 32.7 Å². The van der Waals surface area contributed by atoms with Crippen LogP contribution >= 0.6 is 11.3 Å². The van der Waals surface area contributed by atoms with Gasteiger partial charge in [0.2, 0.25) is 0 Å². The van der Waals surface area contributed by atoms with E-state index in [1.54, 1.807) is 31.6 Å². The zero-order chi connectivity index (χ0) is 38.4. The van der Waals surface area contributed by atoms with Crippen LogP contribution in [0.4, 0.5) is 0 Å². The van der Waals surface area contributed by atoms with E-state index in [4.69, 9.17) is 23.7 Å². The fourth-order valence-corrected chi connectivity index (χ4v) is 7.94. The van der Waals surface area contributed by atoms with E-state index in [1.807, 2.05) is 78.9 Å². The molecule has 8 rings (SSSR count). The number of fused-ring (bicyclic) bond motifs is 2. The molecule has 2 aliphatic heterocycles. The molecule has 3 heterocycles. The van der Waals surface area contributed by atoms with Crippen LogP contribution in [-0.4, -0.2) is 27.4 Å². The Balaban J connectivity index is 1.21. The molecule has 0 aliphatic carbocycles. The number of hydrogen-bond acceptors (Lipinski definition) is 8. The third-order valence-corrected chi connectivity index (χ3v) is 10.7. The SMILES string of the molecule is COc1ccc(C(=C(c2ccccc2)c2ccc(-c3sc(/C=C/C4=CC(=C(C#N)C#N)c5ccccc5O4)c4c3OCCO4)cc2)c2ccc(OC)cc2)cc1. The number of ether oxygens (including phenoxy) is 5. The highest BCUT2D eigenvalue weighted by atomic mass is 32.1. The molecule has 0 bridgehead atoms. The third-order valence-electron chi connectivity index (χ3n) is 9.51. The molecular weight excluding hydrogens is 717 g/mol. The molecule has 0 N–H and O–H groups in total. The number of nitrogens with zero attached hydrogens (tertiary/aromatic N) is 2. The zero-order valence-electron chi connectivity index (χ0n) is 30.6. The minimum absolute atomic E-state index is 0.0213. The molecule has 56 heavy (non-hydrogen) atoms. The number of benzene rings is 5. The first-order valence-electron chi connectivity index (χ1n) is 17.9. The summed E-state index contributed by atoms with van der Waals surface area (Å²) in [6.45, 7) is 0.872. The summed E-state index contributed by atoms with van der Waals surface area (Å²) in [5, 5.41) is 19.3. The Morgan fingerprint density at radius 1 is 0.625 bits per heavy atom. The van der Waals surface area contributed by atoms with E-state index in [0.29, 0.717) is 47.4 Å². The van der Waals surface area contributed by atoms with E-state index in [9.17, 15) is 10.5 Å². The fourth-order valence-electron chi connectivity index (χ4n) is 6.84. The first-order chi connectivity index (χ1) is 27.6. The molecular formula is C48H34N2O5S. The smallest absolute Gasteiger partial charge is 0.180 e. The van der Waals surface area contributed by atoms with E-state index in [2.05, 4.69) is 72.8 Å². The van der Waals surface area contributed by atoms with Crippen molar-refractivity contribution in [3.8, 4) is 51.3 Å². The van der Waals surface area contributed by atoms with Crippen molar-refractivity contribution in [3.05, 3.63) is 184 Å². The second-order valence-electron chi connectivity index (χ2n) is 12.8. The molecule has 0 spiro atoms. The molecule has 8 heteroatoms. The van der Waals surface area contributed by atoms with Gasteiger partial charge in [0.1, 0.15) is 53.9 Å². The number of rotatable bonds is 9. The maximum atomic E-state index is 9.66. The van der Waals surface area contributed by atoms with Crippen LogP contribution in [0.3, 0.4) is 0 Å². The predicted octanol–water partition coefficient (Wildman–Crippen LogP) is 11.0. The van der Waals surface area contributed by atoms with Gasteiger partial charge >= 0.3 is 0 Å². The molecule has 1 aromatic heterocycles. The predicted molar refractivity (Wildman–Crippen MR) is 221 cm³/mol. The van der Waals surface area contributed by atoms with Crippen molar-refractivity contribution in [1.82, 2.24) is 0 Å². The van der Waals surface area contributed by atoms with Gasteiger partial charge in [-0.05, 0) is 87.5 Å². The molecule has 7 nitrogen and oxygen atoms in total. The standard InChI is InChI=1S/C48H34N2O5S/c1-51-37-20-16-33(17-21-37)45(34-18-22-38(52-2)23-19-34)44(31-8-4-3-5-9-31)32-12-14-35(15-13-32)48-47-46(53-26-27-54-47)43(56-48)25-24-39-28-41(36(29-49)30-50)40-10-6-7-11-42(40)55-39/h3-25,28H,26-27H2,1-2H3/b25-24+. The summed E-state index contributed by atoms with van der Waals surface area (Å²) in [7, 11) is 3.35. The van der Waals surface area contributed by atoms with Crippen LogP contribution < -0.4 is 23.7 Å². The molecule has 0 radical (unpaired) electrons. The van der Waals surface area contributed by atoms with Crippen LogP contribution in [0.5, 0.6) is 28.7 Å². The monoisotopic (exact) mass is 750 g/mol. The first kappa shape index (κ1) is 35.8. The van der Waals surface area contributed by atoms with Crippen LogP contribution in [0.15, 0.2) is 151 Å². The Morgan fingerprint density at radius 2 is 1.16 bits per heavy atom. The lowest BCUT2D eigenvalue weighted by Crippen LogP contribution is -2.14. The minimum atomic E-state index is 0.0213. The molecule has 0 unspecified atom stereocenters. The number of allylic oxidation sites excluding steroid dienone is 4. The summed E-state index contributed by atoms with van der Waals surface area (Å²) in [6, 6.07) is 46.7. The number of thiophene rings is 1. The molecule has 272 valence electrons. The van der Waals surface area contributed by atoms with E-state index < -0.39 is 0 Å². The Morgan fingerprint density at radius 3 is 1.75 bits per heavy atom. The fraction of sp³-hybridized carbons (Fsp3) is 0.0833. The quantitative estimate of drug-likeness (QED) is 0.107. The van der Waals surface area contributed by atoms with Crippen LogP contribution in [0, 0.1) is 22.7 Å². The number of hydrogen-bond donors (Lipinski definition) is 0. The van der Waals surface area contributed by atoms with Gasteiger partial charge in [-0.15, -0.1) is 11.3 Å². The van der Waals surface area contributed by atoms with Crippen molar-refractivity contribution >= 4 is 34.1 Å². The van der Waals surface area contributed by atoms with Gasteiger partial charge in [-0.25, -0.2) is 0 Å². The van der Waals surface area contributed by atoms with Crippen molar-refractivity contribution in [2.24, 2.45) is 0 Å². The van der Waals surface area contributed by atoms with Crippen LogP contribution in [-0.2, 0) is 0 Å². The second kappa shape index (κ2) is 16.0. The highest BCUT2D eigenvalue weighted by Gasteiger charge is 2.26. The van der Waals surface area contributed by atoms with Gasteiger partial charge in [-0.2, -0.15) is 10.5 Å². The summed E-state index contributed by atoms with van der Waals surface area (Å²) in [5.41, 5.74) is 8.61. The van der Waals surface area contributed by atoms with Crippen LogP contribution in [0.2, 0.25) is 0 Å². The highest BCUT2D eigenvalue weighted by Crippen LogP contribution is 2.50. The second-order valence-corrected chi connectivity index (χ2v) is 13.8. The van der Waals surface area contributed by atoms with Crippen molar-refractivity contribution in [3.63, 3.8) is 0 Å². The van der Waals surface area contributed by atoms with E-state index >= 15 is 0 Å². The highest BCUT2D eigenvalue weighted by molar-refractivity contribution is 7.17. The topological polar surface area (TPSA) is 93.7 Å². The van der Waals surface area contributed by atoms with E-state index in [1.165, 1.54) is 0 Å². The van der Waals surface area contributed by atoms with Crippen LogP contribution in [0.25, 0.3) is 33.2 Å². The number of nitriles is 2. The number of para-hydroxylation sites is 1. The molecule has 0 saturated heterocycles. The van der Waals surface area contributed by atoms with Gasteiger partial charge in [0.05, 0.1) is 24.0 Å². The zero-order valence-corrected chi connectivity index (χ0v) is 31.4. The lowest BCUT2D eigenvalue weighted by Gasteiger charge is -2.19. The minimum Gasteiger partial charge on any atom is -0.497 e. The Labute approximate surface area is 329 Å². The summed E-state index contributed by atoms with van der Waals surface area (Å²) in [6.07, 6.45) is 5.48. The van der Waals surface area contributed by atoms with Crippen molar-refractivity contribution in [1.29, 1.82) is 10.5 Å². The lowest BCUT2D eigenvalue weighted by atomic mass is 9.85. The maximum Gasteiger partial charge on any atom is 0.180 e. The van der Waals surface area contributed by atoms with Gasteiger partial charge < -0.3 is 23.7 Å². The average molecular weight is 751 g/mol. The van der Waals surface area contributed by atoms with Gasteiger partial charge in [0, 0.05) is 11.1 Å². The van der Waals surface area contributed by atoms with Crippen molar-refractivity contribution < 1.29 is 23.7 Å². The van der Waals surface area contributed by atoms with Crippen molar-refractivity contribution in [2.45, 2.75) is 0 Å². The Kier molecular flexibility index (Phi) is 10.2. The normalized spacial score (nSPS) is 12.7. The average Bonchev–Trinajstić information content (AvgIpc) is 3.64. The first-order valence-corrected chi connectivity index (χ1v) is 18.7. The van der Waals surface area contributed by atoms with Gasteiger partial charge in [0.15, 0.2) is 11.5 Å². The summed E-state index contributed by atoms with van der Waals surface area (Å²) in [5.74, 6) is 4.02. The molecule has 2 aliphatic rings. The third kappa shape index (κ3) is 7.05.